The largest absolute Gasteiger partial charge is 0.401 e. The molecule has 3 aromatic heterocycles. The molecule has 0 atom stereocenters. The Kier molecular flexibility index (Phi) is 6.80. The number of alkyl halides is 3. The highest BCUT2D eigenvalue weighted by Gasteiger charge is 2.66. The molecular formula is C25H23F4N7O3. The van der Waals surface area contributed by atoms with Crippen LogP contribution in [0.3, 0.4) is 0 Å². The second kappa shape index (κ2) is 10.1. The number of carbonyl (C=O) groups excluding carboxylic acids is 1. The van der Waals surface area contributed by atoms with Gasteiger partial charge in [-0.05, 0) is 30.0 Å². The fourth-order valence-electron chi connectivity index (χ4n) is 4.13. The minimum Gasteiger partial charge on any atom is -0.378 e. The van der Waals surface area contributed by atoms with E-state index in [0.717, 1.165) is 6.07 Å². The highest BCUT2D eigenvalue weighted by atomic mass is 19.4. The number of hydrogen-bond donors (Lipinski definition) is 2. The molecule has 5 rings (SSSR count). The highest BCUT2D eigenvalue weighted by Crippen LogP contribution is 2.59. The van der Waals surface area contributed by atoms with E-state index in [1.54, 1.807) is 31.1 Å². The average molecular weight is 545 g/mol. The Morgan fingerprint density at radius 2 is 1.92 bits per heavy atom. The van der Waals surface area contributed by atoms with E-state index in [-0.39, 0.29) is 36.4 Å². The van der Waals surface area contributed by atoms with Crippen LogP contribution >= 0.6 is 0 Å². The molecule has 0 saturated heterocycles. The average Bonchev–Trinajstić information content (AvgIpc) is 3.47. The van der Waals surface area contributed by atoms with Crippen molar-refractivity contribution in [2.24, 2.45) is 7.05 Å². The maximum Gasteiger partial charge on any atom is 0.401 e. The summed E-state index contributed by atoms with van der Waals surface area (Å²) in [6.07, 6.45) is -0.192. The second-order valence-corrected chi connectivity index (χ2v) is 9.20. The van der Waals surface area contributed by atoms with Gasteiger partial charge in [-0.15, -0.1) is 0 Å². The molecular weight excluding hydrogens is 522 g/mol. The highest BCUT2D eigenvalue weighted by molar-refractivity contribution is 5.91. The maximum atomic E-state index is 14.8. The third-order valence-corrected chi connectivity index (χ3v) is 6.36. The van der Waals surface area contributed by atoms with Crippen molar-refractivity contribution in [2.75, 3.05) is 17.7 Å². The number of nitrogens with zero attached hydrogens (tertiary/aromatic N) is 5. The van der Waals surface area contributed by atoms with Crippen LogP contribution in [0.1, 0.15) is 29.9 Å². The lowest BCUT2D eigenvalue weighted by Crippen LogP contribution is -2.28. The van der Waals surface area contributed by atoms with E-state index in [9.17, 15) is 22.4 Å². The molecule has 3 heterocycles. The Balaban J connectivity index is 1.21. The summed E-state index contributed by atoms with van der Waals surface area (Å²) in [7, 11) is 3.35. The zero-order valence-corrected chi connectivity index (χ0v) is 20.8. The van der Waals surface area contributed by atoms with Crippen LogP contribution in [0.25, 0.3) is 11.1 Å². The number of halogens is 4. The Hall–Kier alpha value is -4.33. The summed E-state index contributed by atoms with van der Waals surface area (Å²) in [5.41, 5.74) is 0.464. The van der Waals surface area contributed by atoms with E-state index in [0.29, 0.717) is 35.1 Å². The molecule has 1 aliphatic rings. The molecule has 2 N–H and O–H groups in total. The number of aromatic nitrogens is 5. The van der Waals surface area contributed by atoms with Crippen LogP contribution in [-0.2, 0) is 35.0 Å². The first-order valence-electron chi connectivity index (χ1n) is 11.8. The Bertz CT molecular complexity index is 1490. The summed E-state index contributed by atoms with van der Waals surface area (Å²) in [5, 5.41) is 13.2. The van der Waals surface area contributed by atoms with Crippen LogP contribution in [-0.4, -0.2) is 44.1 Å². The Labute approximate surface area is 219 Å². The monoisotopic (exact) mass is 545 g/mol. The zero-order chi connectivity index (χ0) is 27.8. The Morgan fingerprint density at radius 1 is 1.18 bits per heavy atom. The van der Waals surface area contributed by atoms with Crippen molar-refractivity contribution in [3.8, 4) is 11.1 Å². The van der Waals surface area contributed by atoms with Gasteiger partial charge in [0, 0.05) is 44.4 Å². The van der Waals surface area contributed by atoms with E-state index in [4.69, 9.17) is 9.26 Å². The Morgan fingerprint density at radius 3 is 2.56 bits per heavy atom. The number of aryl methyl sites for hydroxylation is 1. The maximum absolute atomic E-state index is 14.8. The quantitative estimate of drug-likeness (QED) is 0.291. The van der Waals surface area contributed by atoms with Gasteiger partial charge in [0.15, 0.2) is 11.6 Å². The van der Waals surface area contributed by atoms with E-state index in [1.165, 1.54) is 24.5 Å². The lowest BCUT2D eigenvalue weighted by Gasteiger charge is -2.14. The van der Waals surface area contributed by atoms with Gasteiger partial charge in [-0.25, -0.2) is 14.4 Å². The van der Waals surface area contributed by atoms with Gasteiger partial charge in [0.05, 0.1) is 18.7 Å². The predicted octanol–water partition coefficient (Wildman–Crippen LogP) is 4.67. The van der Waals surface area contributed by atoms with Crippen molar-refractivity contribution < 1.29 is 31.6 Å². The molecule has 14 heteroatoms. The molecule has 0 bridgehead atoms. The van der Waals surface area contributed by atoms with Gasteiger partial charge in [-0.2, -0.15) is 18.3 Å². The van der Waals surface area contributed by atoms with Crippen molar-refractivity contribution in [2.45, 2.75) is 37.5 Å². The molecule has 4 aromatic rings. The molecule has 204 valence electrons. The van der Waals surface area contributed by atoms with Gasteiger partial charge in [0.25, 0.3) is 0 Å². The summed E-state index contributed by atoms with van der Waals surface area (Å²) >= 11 is 0. The normalized spacial score (nSPS) is 14.3. The van der Waals surface area contributed by atoms with Crippen molar-refractivity contribution in [1.82, 2.24) is 24.9 Å². The molecule has 0 spiro atoms. The van der Waals surface area contributed by atoms with Gasteiger partial charge in [-0.3, -0.25) is 9.48 Å². The van der Waals surface area contributed by atoms with Crippen molar-refractivity contribution in [3.05, 3.63) is 65.7 Å². The molecule has 1 aromatic carbocycles. The first-order valence-corrected chi connectivity index (χ1v) is 11.8. The predicted molar refractivity (Wildman–Crippen MR) is 130 cm³/mol. The molecule has 0 aliphatic heterocycles. The minimum atomic E-state index is -4.46. The number of ether oxygens (including phenoxy) is 1. The van der Waals surface area contributed by atoms with Crippen LogP contribution in [0.15, 0.2) is 47.4 Å². The van der Waals surface area contributed by atoms with Crippen LogP contribution in [0.5, 0.6) is 0 Å². The van der Waals surface area contributed by atoms with Gasteiger partial charge in [0.2, 0.25) is 11.9 Å². The van der Waals surface area contributed by atoms with Gasteiger partial charge < -0.3 is 19.9 Å². The van der Waals surface area contributed by atoms with Crippen LogP contribution in [0.4, 0.5) is 35.0 Å². The third kappa shape index (κ3) is 5.46. The summed E-state index contributed by atoms with van der Waals surface area (Å²) in [6.45, 7) is 0.309. The molecule has 1 fully saturated rings. The van der Waals surface area contributed by atoms with E-state index in [1.807, 2.05) is 0 Å². The molecule has 1 amide bonds. The lowest BCUT2D eigenvalue weighted by molar-refractivity contribution is -0.165. The number of nitrogens with one attached hydrogen (secondary N) is 2. The number of anilines is 3. The molecule has 10 nitrogen and oxygen atoms in total. The van der Waals surface area contributed by atoms with Crippen molar-refractivity contribution in [3.63, 3.8) is 0 Å². The zero-order valence-electron chi connectivity index (χ0n) is 20.8. The molecule has 39 heavy (non-hydrogen) atoms. The van der Waals surface area contributed by atoms with E-state index < -0.39 is 23.3 Å². The number of methoxy groups -OCH3 is 1. The van der Waals surface area contributed by atoms with Crippen LogP contribution < -0.4 is 10.6 Å². The van der Waals surface area contributed by atoms with Gasteiger partial charge in [-0.1, -0.05) is 17.3 Å². The first kappa shape index (κ1) is 26.3. The number of hydrogen-bond acceptors (Lipinski definition) is 8. The summed E-state index contributed by atoms with van der Waals surface area (Å²) in [6, 6.07) is 5.37. The topological polar surface area (TPSA) is 120 Å². The van der Waals surface area contributed by atoms with Gasteiger partial charge in [0.1, 0.15) is 16.9 Å². The number of benzene rings is 1. The number of amides is 1. The molecule has 0 unspecified atom stereocenters. The third-order valence-electron chi connectivity index (χ3n) is 6.36. The minimum absolute atomic E-state index is 0.0929. The SMILES string of the molecule is COCc1nn(C)cc1Nc1ncc(-c2ccc(CC(=O)Nc3cc(C4(C(F)(F)F)CC4)on3)c(F)c2)cn1. The number of carbonyl (C=O) groups is 1. The fraction of sp³-hybridized carbons (Fsp3) is 0.320. The van der Waals surface area contributed by atoms with E-state index in [2.05, 4.69) is 30.9 Å². The van der Waals surface area contributed by atoms with Gasteiger partial charge >= 0.3 is 6.18 Å². The van der Waals surface area contributed by atoms with E-state index >= 15 is 0 Å². The number of rotatable bonds is 9. The summed E-state index contributed by atoms with van der Waals surface area (Å²) < 4.78 is 66.2. The summed E-state index contributed by atoms with van der Waals surface area (Å²) in [5.74, 6) is -1.48. The molecule has 0 radical (unpaired) electrons. The first-order chi connectivity index (χ1) is 18.6. The second-order valence-electron chi connectivity index (χ2n) is 9.20. The fourth-order valence-corrected chi connectivity index (χ4v) is 4.13. The van der Waals surface area contributed by atoms with Crippen molar-refractivity contribution >= 4 is 23.4 Å². The standard InChI is InChI=1S/C25H23F4N7O3/c1-36-12-18(19(34-36)13-38-2)32-23-30-10-16(11-31-23)14-3-4-15(17(26)7-14)8-22(37)33-21-9-20(39-35-21)24(5-6-24)25(27,28)29/h3-4,7,9-12H,5-6,8,13H2,1-2H3,(H,30,31,32)(H,33,35,37). The molecule has 1 aliphatic carbocycles. The summed E-state index contributed by atoms with van der Waals surface area (Å²) in [4.78, 5) is 20.9. The van der Waals surface area contributed by atoms with Crippen LogP contribution in [0.2, 0.25) is 0 Å². The van der Waals surface area contributed by atoms with Crippen molar-refractivity contribution in [1.29, 1.82) is 0 Å². The molecule has 1 saturated carbocycles. The smallest absolute Gasteiger partial charge is 0.378 e. The lowest BCUT2D eigenvalue weighted by atomic mass is 10.0. The van der Waals surface area contributed by atoms with Crippen LogP contribution in [0, 0.1) is 5.82 Å².